The molecule has 0 radical (unpaired) electrons. The zero-order valence-electron chi connectivity index (χ0n) is 15.2. The monoisotopic (exact) mass is 397 g/mol. The summed E-state index contributed by atoms with van der Waals surface area (Å²) < 4.78 is 1.64. The van der Waals surface area contributed by atoms with E-state index in [9.17, 15) is 10.1 Å². The van der Waals surface area contributed by atoms with Crippen LogP contribution >= 0.6 is 11.8 Å². The number of rotatable bonds is 5. The number of pyridine rings is 1. The maximum Gasteiger partial charge on any atom is 0.256 e. The average molecular weight is 397 g/mol. The van der Waals surface area contributed by atoms with Gasteiger partial charge < -0.3 is 5.32 Å². The molecule has 2 heterocycles. The highest BCUT2D eigenvalue weighted by atomic mass is 32.2. The van der Waals surface area contributed by atoms with E-state index >= 15 is 0 Å². The molecule has 0 bridgehead atoms. The first kappa shape index (κ1) is 18.5. The second-order valence-electron chi connectivity index (χ2n) is 6.02. The molecule has 2 aromatic heterocycles. The molecule has 4 rings (SSSR count). The lowest BCUT2D eigenvalue weighted by molar-refractivity contribution is 0.102. The number of amides is 1. The highest BCUT2D eigenvalue weighted by molar-refractivity contribution is 7.99. The minimum Gasteiger partial charge on any atom is -0.321 e. The van der Waals surface area contributed by atoms with E-state index in [0.717, 1.165) is 9.79 Å². The Bertz CT molecular complexity index is 1180. The van der Waals surface area contributed by atoms with Gasteiger partial charge in [0.05, 0.1) is 23.0 Å². The molecule has 0 unspecified atom stereocenters. The van der Waals surface area contributed by atoms with Crippen molar-refractivity contribution in [3.05, 3.63) is 96.4 Å². The fourth-order valence-corrected chi connectivity index (χ4v) is 3.73. The molecule has 0 saturated heterocycles. The minimum absolute atomic E-state index is 0.240. The maximum absolute atomic E-state index is 12.9. The van der Waals surface area contributed by atoms with Gasteiger partial charge in [-0.25, -0.2) is 9.67 Å². The van der Waals surface area contributed by atoms with Crippen LogP contribution < -0.4 is 5.32 Å². The van der Waals surface area contributed by atoms with Gasteiger partial charge in [-0.2, -0.15) is 10.4 Å². The molecule has 140 valence electrons. The van der Waals surface area contributed by atoms with Crippen LogP contribution in [0.3, 0.4) is 0 Å². The SMILES string of the molecule is N#Cc1ccccc1Sc1ccccc1C(=O)Nc1ccc(-n2cccn2)nc1. The number of hydrogen-bond donors (Lipinski definition) is 1. The molecule has 0 saturated carbocycles. The molecule has 1 amide bonds. The standard InChI is InChI=1S/C22H15N5OS/c23-14-16-6-1-3-8-19(16)29-20-9-4-2-7-18(20)22(28)26-17-10-11-21(24-15-17)27-13-5-12-25-27/h1-13,15H,(H,26,28). The number of hydrogen-bond acceptors (Lipinski definition) is 5. The summed E-state index contributed by atoms with van der Waals surface area (Å²) in [5.74, 6) is 0.424. The van der Waals surface area contributed by atoms with Gasteiger partial charge >= 0.3 is 0 Å². The van der Waals surface area contributed by atoms with Crippen molar-refractivity contribution in [3.63, 3.8) is 0 Å². The summed E-state index contributed by atoms with van der Waals surface area (Å²) in [4.78, 5) is 18.8. The van der Waals surface area contributed by atoms with Crippen molar-refractivity contribution in [1.82, 2.24) is 14.8 Å². The Morgan fingerprint density at radius 2 is 1.79 bits per heavy atom. The molecule has 0 aliphatic carbocycles. The molecule has 2 aromatic carbocycles. The zero-order chi connectivity index (χ0) is 20.1. The lowest BCUT2D eigenvalue weighted by atomic mass is 10.2. The van der Waals surface area contributed by atoms with E-state index in [2.05, 4.69) is 21.5 Å². The largest absolute Gasteiger partial charge is 0.321 e. The quantitative estimate of drug-likeness (QED) is 0.534. The Balaban J connectivity index is 1.54. The van der Waals surface area contributed by atoms with Gasteiger partial charge in [0, 0.05) is 22.2 Å². The first-order valence-corrected chi connectivity index (χ1v) is 9.60. The van der Waals surface area contributed by atoms with E-state index < -0.39 is 0 Å². The van der Waals surface area contributed by atoms with Gasteiger partial charge in [0.15, 0.2) is 5.82 Å². The maximum atomic E-state index is 12.9. The summed E-state index contributed by atoms with van der Waals surface area (Å²) in [6.07, 6.45) is 5.07. The van der Waals surface area contributed by atoms with Crippen molar-refractivity contribution in [2.75, 3.05) is 5.32 Å². The molecule has 6 nitrogen and oxygen atoms in total. The van der Waals surface area contributed by atoms with Gasteiger partial charge in [-0.15, -0.1) is 0 Å². The predicted molar refractivity (Wildman–Crippen MR) is 111 cm³/mol. The fourth-order valence-electron chi connectivity index (χ4n) is 2.71. The molecule has 7 heteroatoms. The molecule has 0 atom stereocenters. The number of carbonyl (C=O) groups is 1. The molecule has 0 aliphatic heterocycles. The predicted octanol–water partition coefficient (Wildman–Crippen LogP) is 4.54. The van der Waals surface area contributed by atoms with Crippen molar-refractivity contribution >= 4 is 23.4 Å². The van der Waals surface area contributed by atoms with Crippen LogP contribution in [0, 0.1) is 11.3 Å². The summed E-state index contributed by atoms with van der Waals surface area (Å²) in [5, 5.41) is 16.3. The Morgan fingerprint density at radius 1 is 1.00 bits per heavy atom. The normalized spacial score (nSPS) is 10.3. The van der Waals surface area contributed by atoms with Crippen LogP contribution in [0.25, 0.3) is 5.82 Å². The first-order chi connectivity index (χ1) is 14.2. The van der Waals surface area contributed by atoms with E-state index in [1.165, 1.54) is 11.8 Å². The third-order valence-corrected chi connectivity index (χ3v) is 5.26. The number of carbonyl (C=O) groups excluding carboxylic acids is 1. The summed E-state index contributed by atoms with van der Waals surface area (Å²) in [5.41, 5.74) is 1.69. The highest BCUT2D eigenvalue weighted by Gasteiger charge is 2.14. The van der Waals surface area contributed by atoms with Crippen LogP contribution in [-0.4, -0.2) is 20.7 Å². The van der Waals surface area contributed by atoms with E-state index in [0.29, 0.717) is 22.6 Å². The third kappa shape index (κ3) is 4.18. The van der Waals surface area contributed by atoms with Gasteiger partial charge in [-0.1, -0.05) is 36.0 Å². The number of nitriles is 1. The molecule has 0 aliphatic rings. The van der Waals surface area contributed by atoms with Crippen molar-refractivity contribution in [1.29, 1.82) is 5.26 Å². The number of nitrogens with one attached hydrogen (secondary N) is 1. The van der Waals surface area contributed by atoms with Gasteiger partial charge in [0.1, 0.15) is 6.07 Å². The minimum atomic E-state index is -0.240. The molecule has 29 heavy (non-hydrogen) atoms. The lowest BCUT2D eigenvalue weighted by Gasteiger charge is -2.11. The molecule has 1 N–H and O–H groups in total. The van der Waals surface area contributed by atoms with Crippen LogP contribution in [0.5, 0.6) is 0 Å². The summed E-state index contributed by atoms with van der Waals surface area (Å²) in [6.45, 7) is 0. The average Bonchev–Trinajstić information content (AvgIpc) is 3.30. The lowest BCUT2D eigenvalue weighted by Crippen LogP contribution is -2.13. The summed E-state index contributed by atoms with van der Waals surface area (Å²) in [6, 6.07) is 22.2. The van der Waals surface area contributed by atoms with Gasteiger partial charge in [-0.3, -0.25) is 4.79 Å². The number of benzene rings is 2. The number of anilines is 1. The molecule has 0 fully saturated rings. The smallest absolute Gasteiger partial charge is 0.256 e. The van der Waals surface area contributed by atoms with Crippen LogP contribution in [0.2, 0.25) is 0 Å². The first-order valence-electron chi connectivity index (χ1n) is 8.78. The van der Waals surface area contributed by atoms with Gasteiger partial charge in [0.25, 0.3) is 5.91 Å². The molecule has 4 aromatic rings. The van der Waals surface area contributed by atoms with Crippen molar-refractivity contribution < 1.29 is 4.79 Å². The third-order valence-electron chi connectivity index (χ3n) is 4.10. The zero-order valence-corrected chi connectivity index (χ0v) is 16.0. The molecular weight excluding hydrogens is 382 g/mol. The Hall–Kier alpha value is -3.89. The Morgan fingerprint density at radius 3 is 2.52 bits per heavy atom. The van der Waals surface area contributed by atoms with E-state index in [1.54, 1.807) is 47.5 Å². The van der Waals surface area contributed by atoms with Gasteiger partial charge in [0.2, 0.25) is 0 Å². The van der Waals surface area contributed by atoms with Crippen LogP contribution in [0.4, 0.5) is 5.69 Å². The van der Waals surface area contributed by atoms with Crippen molar-refractivity contribution in [2.45, 2.75) is 9.79 Å². The van der Waals surface area contributed by atoms with Gasteiger partial charge in [-0.05, 0) is 42.5 Å². The topological polar surface area (TPSA) is 83.6 Å². The highest BCUT2D eigenvalue weighted by Crippen LogP contribution is 2.32. The summed E-state index contributed by atoms with van der Waals surface area (Å²) >= 11 is 1.39. The van der Waals surface area contributed by atoms with Crippen molar-refractivity contribution in [2.24, 2.45) is 0 Å². The second kappa shape index (κ2) is 8.42. The van der Waals surface area contributed by atoms with Crippen LogP contribution in [0.15, 0.2) is 95.1 Å². The molecular formula is C22H15N5OS. The van der Waals surface area contributed by atoms with Crippen LogP contribution in [-0.2, 0) is 0 Å². The fraction of sp³-hybridized carbons (Fsp3) is 0. The number of nitrogens with zero attached hydrogens (tertiary/aromatic N) is 4. The Labute approximate surface area is 171 Å². The van der Waals surface area contributed by atoms with E-state index in [-0.39, 0.29) is 5.91 Å². The van der Waals surface area contributed by atoms with Crippen molar-refractivity contribution in [3.8, 4) is 11.9 Å². The Kier molecular flexibility index (Phi) is 5.36. The van der Waals surface area contributed by atoms with Crippen LogP contribution in [0.1, 0.15) is 15.9 Å². The second-order valence-corrected chi connectivity index (χ2v) is 7.10. The number of aromatic nitrogens is 3. The summed E-state index contributed by atoms with van der Waals surface area (Å²) in [7, 11) is 0. The van der Waals surface area contributed by atoms with E-state index in [4.69, 9.17) is 0 Å². The van der Waals surface area contributed by atoms with E-state index in [1.807, 2.05) is 42.5 Å². The molecule has 0 spiro atoms.